The van der Waals surface area contributed by atoms with E-state index >= 15 is 0 Å². The van der Waals surface area contributed by atoms with E-state index in [1.54, 1.807) is 49.0 Å². The van der Waals surface area contributed by atoms with Gasteiger partial charge in [0.25, 0.3) is 0 Å². The summed E-state index contributed by atoms with van der Waals surface area (Å²) in [6.45, 7) is 3.89. The van der Waals surface area contributed by atoms with Crippen LogP contribution in [0.1, 0.15) is 0 Å². The number of likely N-dealkylation sites (N-methyl/N-ethyl adjacent to an activating group) is 1. The van der Waals surface area contributed by atoms with Gasteiger partial charge in [0.2, 0.25) is 11.8 Å². The molecule has 10 heteroatoms. The van der Waals surface area contributed by atoms with Crippen molar-refractivity contribution in [1.82, 2.24) is 4.90 Å². The molecule has 1 N–H and O–H groups in total. The molecule has 0 unspecified atom stereocenters. The van der Waals surface area contributed by atoms with Crippen LogP contribution in [0.15, 0.2) is 40.7 Å². The van der Waals surface area contributed by atoms with E-state index in [1.807, 2.05) is 6.07 Å². The molecule has 0 aromatic heterocycles. The van der Waals surface area contributed by atoms with Crippen molar-refractivity contribution in [1.29, 1.82) is 0 Å². The molecule has 2 rings (SSSR count). The Balaban J connectivity index is 2.43. The Bertz CT molecular complexity index is 811. The summed E-state index contributed by atoms with van der Waals surface area (Å²) in [7, 11) is 4.80. The SMILES string of the molecule is C=CCSc1ccc(N2C(=O)CSC2=NC(=O)OC)c(NC(=O)CN(C)C)c1. The number of hydrogen-bond donors (Lipinski definition) is 1. The highest BCUT2D eigenvalue weighted by atomic mass is 32.2. The zero-order chi connectivity index (χ0) is 20.7. The lowest BCUT2D eigenvalue weighted by Crippen LogP contribution is -2.32. The molecule has 1 saturated heterocycles. The molecule has 3 amide bonds. The van der Waals surface area contributed by atoms with Crippen LogP contribution in [0.5, 0.6) is 0 Å². The second-order valence-corrected chi connectivity index (χ2v) is 7.98. The second kappa shape index (κ2) is 10.3. The van der Waals surface area contributed by atoms with Gasteiger partial charge in [-0.3, -0.25) is 14.5 Å². The number of nitrogens with zero attached hydrogens (tertiary/aromatic N) is 3. The quantitative estimate of drug-likeness (QED) is 0.533. The van der Waals surface area contributed by atoms with E-state index in [1.165, 1.54) is 12.0 Å². The normalized spacial score (nSPS) is 15.2. The van der Waals surface area contributed by atoms with Crippen molar-refractivity contribution in [3.63, 3.8) is 0 Å². The molecule has 1 aromatic rings. The zero-order valence-electron chi connectivity index (χ0n) is 15.9. The Morgan fingerprint density at radius 1 is 1.46 bits per heavy atom. The molecule has 1 heterocycles. The fourth-order valence-corrected chi connectivity index (χ4v) is 3.86. The Hall–Kier alpha value is -2.30. The van der Waals surface area contributed by atoms with Crippen molar-refractivity contribution in [3.8, 4) is 0 Å². The van der Waals surface area contributed by atoms with E-state index in [2.05, 4.69) is 21.6 Å². The van der Waals surface area contributed by atoms with E-state index in [9.17, 15) is 14.4 Å². The Morgan fingerprint density at radius 2 is 2.21 bits per heavy atom. The van der Waals surface area contributed by atoms with Gasteiger partial charge in [0, 0.05) is 10.6 Å². The van der Waals surface area contributed by atoms with Crippen molar-refractivity contribution in [2.75, 3.05) is 49.5 Å². The highest BCUT2D eigenvalue weighted by molar-refractivity contribution is 8.15. The van der Waals surface area contributed by atoms with Gasteiger partial charge in [-0.15, -0.1) is 18.3 Å². The summed E-state index contributed by atoms with van der Waals surface area (Å²) in [6.07, 6.45) is 0.989. The number of rotatable bonds is 7. The number of ether oxygens (including phenoxy) is 1. The fourth-order valence-electron chi connectivity index (χ4n) is 2.34. The number of amides is 3. The van der Waals surface area contributed by atoms with Gasteiger partial charge < -0.3 is 15.0 Å². The maximum absolute atomic E-state index is 12.5. The predicted octanol–water partition coefficient (Wildman–Crippen LogP) is 2.67. The third-order valence-electron chi connectivity index (χ3n) is 3.44. The van der Waals surface area contributed by atoms with Crippen molar-refractivity contribution >= 4 is 58.0 Å². The van der Waals surface area contributed by atoms with Gasteiger partial charge in [-0.25, -0.2) is 4.79 Å². The first-order valence-electron chi connectivity index (χ1n) is 8.30. The molecule has 0 bridgehead atoms. The topological polar surface area (TPSA) is 91.3 Å². The second-order valence-electron chi connectivity index (χ2n) is 5.95. The van der Waals surface area contributed by atoms with Crippen LogP contribution < -0.4 is 10.2 Å². The Kier molecular flexibility index (Phi) is 8.09. The minimum absolute atomic E-state index is 0.147. The molecule has 0 radical (unpaired) electrons. The number of aliphatic imine (C=N–C) groups is 1. The van der Waals surface area contributed by atoms with E-state index in [-0.39, 0.29) is 29.3 Å². The van der Waals surface area contributed by atoms with Crippen LogP contribution in [0.25, 0.3) is 0 Å². The molecular weight excluding hydrogens is 400 g/mol. The van der Waals surface area contributed by atoms with Gasteiger partial charge in [0.05, 0.1) is 30.8 Å². The van der Waals surface area contributed by atoms with Crippen LogP contribution in [0, 0.1) is 0 Å². The van der Waals surface area contributed by atoms with Crippen LogP contribution in [0.4, 0.5) is 16.2 Å². The van der Waals surface area contributed by atoms with E-state index in [4.69, 9.17) is 0 Å². The number of thioether (sulfide) groups is 2. The number of hydrogen-bond acceptors (Lipinski definition) is 7. The number of amidine groups is 1. The average molecular weight is 423 g/mol. The van der Waals surface area contributed by atoms with Gasteiger partial charge >= 0.3 is 6.09 Å². The van der Waals surface area contributed by atoms with Gasteiger partial charge in [0.15, 0.2) is 5.17 Å². The van der Waals surface area contributed by atoms with Crippen molar-refractivity contribution in [2.45, 2.75) is 4.90 Å². The minimum Gasteiger partial charge on any atom is -0.451 e. The summed E-state index contributed by atoms with van der Waals surface area (Å²) < 4.78 is 4.57. The number of methoxy groups -OCH3 is 1. The maximum Gasteiger partial charge on any atom is 0.435 e. The molecule has 0 aliphatic carbocycles. The molecule has 8 nitrogen and oxygen atoms in total. The molecule has 0 atom stereocenters. The molecule has 1 aliphatic heterocycles. The highest BCUT2D eigenvalue weighted by Crippen LogP contribution is 2.35. The van der Waals surface area contributed by atoms with E-state index in [0.717, 1.165) is 16.7 Å². The number of nitrogens with one attached hydrogen (secondary N) is 1. The smallest absolute Gasteiger partial charge is 0.435 e. The first-order valence-corrected chi connectivity index (χ1v) is 10.3. The Morgan fingerprint density at radius 3 is 2.86 bits per heavy atom. The van der Waals surface area contributed by atoms with Gasteiger partial charge in [0.1, 0.15) is 0 Å². The Labute approximate surface area is 172 Å². The zero-order valence-corrected chi connectivity index (χ0v) is 17.6. The first kappa shape index (κ1) is 22.0. The lowest BCUT2D eigenvalue weighted by molar-refractivity contribution is -0.117. The fraction of sp³-hybridized carbons (Fsp3) is 0.333. The maximum atomic E-state index is 12.5. The predicted molar refractivity (Wildman–Crippen MR) is 114 cm³/mol. The van der Waals surface area contributed by atoms with E-state index < -0.39 is 6.09 Å². The summed E-state index contributed by atoms with van der Waals surface area (Å²) in [6, 6.07) is 5.37. The van der Waals surface area contributed by atoms with Gasteiger partial charge in [-0.2, -0.15) is 4.99 Å². The largest absolute Gasteiger partial charge is 0.451 e. The van der Waals surface area contributed by atoms with Crippen LogP contribution in [0.2, 0.25) is 0 Å². The van der Waals surface area contributed by atoms with Crippen LogP contribution >= 0.6 is 23.5 Å². The number of benzene rings is 1. The lowest BCUT2D eigenvalue weighted by atomic mass is 10.2. The van der Waals surface area contributed by atoms with Gasteiger partial charge in [-0.05, 0) is 32.3 Å². The third kappa shape index (κ3) is 5.85. The number of anilines is 2. The average Bonchev–Trinajstić information content (AvgIpc) is 2.99. The molecule has 150 valence electrons. The molecule has 1 aliphatic rings. The molecule has 1 fully saturated rings. The molecule has 0 saturated carbocycles. The number of carbonyl (C=O) groups excluding carboxylic acids is 3. The molecule has 0 spiro atoms. The van der Waals surface area contributed by atoms with Crippen molar-refractivity contribution < 1.29 is 19.1 Å². The molecule has 1 aromatic carbocycles. The summed E-state index contributed by atoms with van der Waals surface area (Å²) >= 11 is 2.69. The van der Waals surface area contributed by atoms with Crippen molar-refractivity contribution in [3.05, 3.63) is 30.9 Å². The molecule has 28 heavy (non-hydrogen) atoms. The summed E-state index contributed by atoms with van der Waals surface area (Å²) in [5.41, 5.74) is 0.919. The van der Waals surface area contributed by atoms with Crippen LogP contribution in [-0.4, -0.2) is 67.2 Å². The summed E-state index contributed by atoms with van der Waals surface area (Å²) in [5.74, 6) is 0.399. The summed E-state index contributed by atoms with van der Waals surface area (Å²) in [4.78, 5) is 44.1. The standard InChI is InChI=1S/C18H22N4O4S2/c1-5-8-27-12-6-7-14(13(9-12)19-15(23)10-21(2)3)22-16(24)11-28-17(22)20-18(25)26-4/h5-7,9H,1,8,10-11H2,2-4H3,(H,19,23). The van der Waals surface area contributed by atoms with Crippen LogP contribution in [0.3, 0.4) is 0 Å². The summed E-state index contributed by atoms with van der Waals surface area (Å²) in [5, 5.41) is 3.06. The highest BCUT2D eigenvalue weighted by Gasteiger charge is 2.32. The van der Waals surface area contributed by atoms with Crippen molar-refractivity contribution in [2.24, 2.45) is 4.99 Å². The van der Waals surface area contributed by atoms with E-state index in [0.29, 0.717) is 17.1 Å². The van der Waals surface area contributed by atoms with Gasteiger partial charge in [-0.1, -0.05) is 17.8 Å². The first-order chi connectivity index (χ1) is 13.3. The monoisotopic (exact) mass is 422 g/mol. The molecular formula is C18H22N4O4S2. The number of carbonyl (C=O) groups is 3. The van der Waals surface area contributed by atoms with Crippen LogP contribution in [-0.2, 0) is 14.3 Å². The lowest BCUT2D eigenvalue weighted by Gasteiger charge is -2.21. The third-order valence-corrected chi connectivity index (χ3v) is 5.35. The minimum atomic E-state index is -0.793.